The van der Waals surface area contributed by atoms with Gasteiger partial charge in [0.1, 0.15) is 19.3 Å². The molecule has 0 aliphatic rings. The summed E-state index contributed by atoms with van der Waals surface area (Å²) in [6.45, 7) is 11.1. The highest BCUT2D eigenvalue weighted by atomic mass is 16.5. The van der Waals surface area contributed by atoms with Crippen molar-refractivity contribution in [1.82, 2.24) is 21.3 Å². The quantitative estimate of drug-likeness (QED) is 0.0576. The number of Topliss-reactive ketones (excluding diaryl/α,β-unsaturated/α-hetero) is 1. The van der Waals surface area contributed by atoms with Gasteiger partial charge in [0, 0.05) is 32.6 Å². The Labute approximate surface area is 306 Å². The number of carbonyl (C=O) groups is 4. The standard InChI is InChI=1S/C36H70N4O11/c1-3-4-5-6-7-8-9-10-11-14-34(42)40-33(36(44)45)13-12-15-37-16-20-47-27-29-51-31-35(43)39-19-23-49-25-24-46-21-17-38-18-22-48-26-28-50-30-32(2)41/h33,37-38H,3-31H2,1-2H3,(H,39,43)(H,40,42)(H,44,45)/t33-/m0/s1. The van der Waals surface area contributed by atoms with Crippen molar-refractivity contribution >= 4 is 23.6 Å². The monoisotopic (exact) mass is 735 g/mol. The van der Waals surface area contributed by atoms with Gasteiger partial charge in [-0.2, -0.15) is 0 Å². The van der Waals surface area contributed by atoms with Gasteiger partial charge >= 0.3 is 5.97 Å². The first kappa shape index (κ1) is 48.8. The molecule has 0 aromatic carbocycles. The lowest BCUT2D eigenvalue weighted by atomic mass is 10.1. The van der Waals surface area contributed by atoms with Crippen molar-refractivity contribution in [3.8, 4) is 0 Å². The lowest BCUT2D eigenvalue weighted by Gasteiger charge is -2.15. The van der Waals surface area contributed by atoms with Crippen LogP contribution in [-0.4, -0.2) is 147 Å². The predicted molar refractivity (Wildman–Crippen MR) is 195 cm³/mol. The number of unbranched alkanes of at least 4 members (excludes halogenated alkanes) is 8. The summed E-state index contributed by atoms with van der Waals surface area (Å²) in [5, 5.41) is 21.3. The number of carbonyl (C=O) groups excluding carboxylic acids is 3. The van der Waals surface area contributed by atoms with Crippen LogP contribution < -0.4 is 21.3 Å². The van der Waals surface area contributed by atoms with Gasteiger partial charge in [0.15, 0.2) is 5.78 Å². The Morgan fingerprint density at radius 2 is 1.00 bits per heavy atom. The molecule has 0 unspecified atom stereocenters. The lowest BCUT2D eigenvalue weighted by Crippen LogP contribution is -2.41. The first-order valence-corrected chi connectivity index (χ1v) is 19.0. The Morgan fingerprint density at radius 1 is 0.529 bits per heavy atom. The molecular formula is C36H70N4O11. The highest BCUT2D eigenvalue weighted by Gasteiger charge is 2.19. The molecule has 300 valence electrons. The van der Waals surface area contributed by atoms with E-state index in [4.69, 9.17) is 28.4 Å². The van der Waals surface area contributed by atoms with Crippen LogP contribution in [-0.2, 0) is 47.6 Å². The van der Waals surface area contributed by atoms with E-state index in [9.17, 15) is 24.3 Å². The van der Waals surface area contributed by atoms with Crippen LogP contribution in [0.2, 0.25) is 0 Å². The molecular weight excluding hydrogens is 664 g/mol. The van der Waals surface area contributed by atoms with Crippen molar-refractivity contribution in [2.24, 2.45) is 0 Å². The third-order valence-electron chi connectivity index (χ3n) is 7.48. The fourth-order valence-electron chi connectivity index (χ4n) is 4.69. The van der Waals surface area contributed by atoms with Crippen LogP contribution in [0.3, 0.4) is 0 Å². The maximum absolute atomic E-state index is 12.2. The fourth-order valence-corrected chi connectivity index (χ4v) is 4.69. The minimum atomic E-state index is -1.01. The molecule has 0 saturated heterocycles. The van der Waals surface area contributed by atoms with Gasteiger partial charge in [-0.1, -0.05) is 58.3 Å². The second-order valence-electron chi connectivity index (χ2n) is 12.3. The summed E-state index contributed by atoms with van der Waals surface area (Å²) in [4.78, 5) is 46.3. The van der Waals surface area contributed by atoms with Gasteiger partial charge in [0.05, 0.1) is 66.1 Å². The maximum atomic E-state index is 12.2. The van der Waals surface area contributed by atoms with Crippen LogP contribution >= 0.6 is 0 Å². The molecule has 2 amide bonds. The van der Waals surface area contributed by atoms with E-state index in [0.717, 1.165) is 19.3 Å². The van der Waals surface area contributed by atoms with Gasteiger partial charge in [-0.3, -0.25) is 14.4 Å². The summed E-state index contributed by atoms with van der Waals surface area (Å²) < 4.78 is 32.2. The summed E-state index contributed by atoms with van der Waals surface area (Å²) in [7, 11) is 0. The number of carboxylic acid groups (broad SMARTS) is 1. The number of carboxylic acids is 1. The SMILES string of the molecule is CCCCCCCCCCCC(=O)N[C@@H](CCCNCCOCCOCC(=O)NCCOCCOCCNCCOCCOCC(C)=O)C(=O)O. The van der Waals surface area contributed by atoms with Crippen molar-refractivity contribution in [3.05, 3.63) is 0 Å². The van der Waals surface area contributed by atoms with E-state index in [0.29, 0.717) is 118 Å². The van der Waals surface area contributed by atoms with E-state index in [1.165, 1.54) is 45.4 Å². The van der Waals surface area contributed by atoms with Crippen molar-refractivity contribution < 1.29 is 52.7 Å². The van der Waals surface area contributed by atoms with Gasteiger partial charge in [-0.05, 0) is 32.7 Å². The van der Waals surface area contributed by atoms with Gasteiger partial charge in [-0.15, -0.1) is 0 Å². The summed E-state index contributed by atoms with van der Waals surface area (Å²) in [5.41, 5.74) is 0. The Hall–Kier alpha value is -2.24. The first-order valence-electron chi connectivity index (χ1n) is 19.0. The van der Waals surface area contributed by atoms with Crippen molar-refractivity contribution in [1.29, 1.82) is 0 Å². The molecule has 0 aliphatic carbocycles. The smallest absolute Gasteiger partial charge is 0.326 e. The van der Waals surface area contributed by atoms with E-state index < -0.39 is 12.0 Å². The molecule has 5 N–H and O–H groups in total. The zero-order valence-corrected chi connectivity index (χ0v) is 31.6. The molecule has 0 aromatic heterocycles. The second kappa shape index (κ2) is 39.0. The number of amides is 2. The van der Waals surface area contributed by atoms with Crippen molar-refractivity contribution in [3.63, 3.8) is 0 Å². The van der Waals surface area contributed by atoms with Crippen molar-refractivity contribution in [2.75, 3.05) is 112 Å². The van der Waals surface area contributed by atoms with Gasteiger partial charge in [-0.25, -0.2) is 4.79 Å². The highest BCUT2D eigenvalue weighted by molar-refractivity contribution is 5.83. The van der Waals surface area contributed by atoms with E-state index in [-0.39, 0.29) is 30.8 Å². The number of hydrogen-bond donors (Lipinski definition) is 5. The topological polar surface area (TPSA) is 192 Å². The number of nitrogens with one attached hydrogen (secondary N) is 4. The Morgan fingerprint density at radius 3 is 1.53 bits per heavy atom. The van der Waals surface area contributed by atoms with Crippen molar-refractivity contribution in [2.45, 2.75) is 96.9 Å². The Bertz CT molecular complexity index is 839. The Balaban J connectivity index is 3.46. The molecule has 0 aromatic rings. The van der Waals surface area contributed by atoms with Gasteiger partial charge < -0.3 is 54.8 Å². The molecule has 1 atom stereocenters. The van der Waals surface area contributed by atoms with Crippen LogP contribution in [0.25, 0.3) is 0 Å². The minimum Gasteiger partial charge on any atom is -0.480 e. The number of rotatable bonds is 41. The average molecular weight is 735 g/mol. The molecule has 0 bridgehead atoms. The zero-order valence-electron chi connectivity index (χ0n) is 31.6. The fraction of sp³-hybridized carbons (Fsp3) is 0.889. The van der Waals surface area contributed by atoms with E-state index in [1.54, 1.807) is 0 Å². The summed E-state index contributed by atoms with van der Waals surface area (Å²) in [6.07, 6.45) is 11.9. The molecule has 0 rings (SSSR count). The lowest BCUT2D eigenvalue weighted by molar-refractivity contribution is -0.142. The van der Waals surface area contributed by atoms with E-state index >= 15 is 0 Å². The third-order valence-corrected chi connectivity index (χ3v) is 7.48. The van der Waals surface area contributed by atoms with Crippen LogP contribution in [0.4, 0.5) is 0 Å². The van der Waals surface area contributed by atoms with E-state index in [2.05, 4.69) is 28.2 Å². The molecule has 0 aliphatic heterocycles. The molecule has 15 nitrogen and oxygen atoms in total. The number of aliphatic carboxylic acids is 1. The Kier molecular flexibility index (Phi) is 37.3. The largest absolute Gasteiger partial charge is 0.480 e. The van der Waals surface area contributed by atoms with Crippen LogP contribution in [0, 0.1) is 0 Å². The number of hydrogen-bond acceptors (Lipinski definition) is 12. The maximum Gasteiger partial charge on any atom is 0.326 e. The normalized spacial score (nSPS) is 11.8. The average Bonchev–Trinajstić information content (AvgIpc) is 3.10. The summed E-state index contributed by atoms with van der Waals surface area (Å²) >= 11 is 0. The second-order valence-corrected chi connectivity index (χ2v) is 12.3. The number of ether oxygens (including phenoxy) is 6. The van der Waals surface area contributed by atoms with Crippen LogP contribution in [0.15, 0.2) is 0 Å². The molecule has 15 heteroatoms. The zero-order chi connectivity index (χ0) is 37.5. The molecule has 0 saturated carbocycles. The van der Waals surface area contributed by atoms with Gasteiger partial charge in [0.25, 0.3) is 0 Å². The summed E-state index contributed by atoms with van der Waals surface area (Å²) in [6, 6.07) is -0.870. The minimum absolute atomic E-state index is 0.000123. The first-order chi connectivity index (χ1) is 24.9. The van der Waals surface area contributed by atoms with E-state index in [1.807, 2.05) is 0 Å². The molecule has 0 fully saturated rings. The third kappa shape index (κ3) is 38.8. The van der Waals surface area contributed by atoms with Crippen LogP contribution in [0.1, 0.15) is 90.9 Å². The molecule has 0 heterocycles. The molecule has 51 heavy (non-hydrogen) atoms. The molecule has 0 radical (unpaired) electrons. The number of ketones is 1. The summed E-state index contributed by atoms with van der Waals surface area (Å²) in [5.74, 6) is -1.42. The highest BCUT2D eigenvalue weighted by Crippen LogP contribution is 2.10. The predicted octanol–water partition coefficient (Wildman–Crippen LogP) is 2.24. The van der Waals surface area contributed by atoms with Crippen LogP contribution in [0.5, 0.6) is 0 Å². The van der Waals surface area contributed by atoms with Gasteiger partial charge in [0.2, 0.25) is 11.8 Å². The molecule has 0 spiro atoms.